The highest BCUT2D eigenvalue weighted by molar-refractivity contribution is 7.15. The largest absolute Gasteiger partial charge is 0.296 e. The number of carbonyl (C=O) groups excluding carboxylic acids is 1. The summed E-state index contributed by atoms with van der Waals surface area (Å²) in [5.74, 6) is 0.332. The Kier molecular flexibility index (Phi) is 2.49. The molecular weight excluding hydrogens is 276 g/mol. The molecule has 2 aromatic heterocycles. The van der Waals surface area contributed by atoms with Crippen molar-refractivity contribution in [3.05, 3.63) is 28.8 Å². The van der Waals surface area contributed by atoms with Gasteiger partial charge in [0.05, 0.1) is 0 Å². The summed E-state index contributed by atoms with van der Waals surface area (Å²) < 4.78 is 0. The zero-order valence-corrected chi connectivity index (χ0v) is 11.1. The molecule has 0 radical (unpaired) electrons. The Balaban J connectivity index is 1.55. The summed E-state index contributed by atoms with van der Waals surface area (Å²) in [6.07, 6.45) is 2.34. The maximum Gasteiger partial charge on any atom is 0.257 e. The third-order valence-electron chi connectivity index (χ3n) is 3.17. The first-order valence-electron chi connectivity index (χ1n) is 6.25. The van der Waals surface area contributed by atoms with E-state index in [4.69, 9.17) is 0 Å². The molecule has 0 aliphatic heterocycles. The minimum Gasteiger partial charge on any atom is -0.296 e. The predicted octanol–water partition coefficient (Wildman–Crippen LogP) is 1.94. The van der Waals surface area contributed by atoms with Crippen molar-refractivity contribution in [1.82, 2.24) is 25.6 Å². The number of nitrogens with one attached hydrogen (secondary N) is 2. The summed E-state index contributed by atoms with van der Waals surface area (Å²) in [5, 5.41) is 22.8. The van der Waals surface area contributed by atoms with E-state index in [1.807, 2.05) is 0 Å². The molecule has 2 N–H and O–H groups in total. The van der Waals surface area contributed by atoms with Crippen LogP contribution in [0.2, 0.25) is 0 Å². The molecule has 0 atom stereocenters. The Morgan fingerprint density at radius 3 is 2.95 bits per heavy atom. The molecule has 1 saturated carbocycles. The monoisotopic (exact) mass is 286 g/mol. The number of nitrogens with zero attached hydrogens (tertiary/aromatic N) is 4. The molecule has 0 spiro atoms. The lowest BCUT2D eigenvalue weighted by atomic mass is 10.2. The van der Waals surface area contributed by atoms with E-state index in [0.717, 1.165) is 10.5 Å². The van der Waals surface area contributed by atoms with Crippen molar-refractivity contribution in [3.63, 3.8) is 0 Å². The van der Waals surface area contributed by atoms with Gasteiger partial charge in [0.2, 0.25) is 5.13 Å². The van der Waals surface area contributed by atoms with Crippen molar-refractivity contribution in [3.8, 4) is 0 Å². The summed E-state index contributed by atoms with van der Waals surface area (Å²) in [6.45, 7) is 0. The van der Waals surface area contributed by atoms with E-state index >= 15 is 0 Å². The number of fused-ring (bicyclic) bond motifs is 1. The van der Waals surface area contributed by atoms with E-state index in [1.54, 1.807) is 18.2 Å². The molecule has 1 fully saturated rings. The van der Waals surface area contributed by atoms with E-state index in [0.29, 0.717) is 22.1 Å². The van der Waals surface area contributed by atoms with E-state index in [9.17, 15) is 4.79 Å². The van der Waals surface area contributed by atoms with Gasteiger partial charge in [-0.15, -0.1) is 10.2 Å². The number of hydrogen-bond acceptors (Lipinski definition) is 6. The smallest absolute Gasteiger partial charge is 0.257 e. The zero-order valence-electron chi connectivity index (χ0n) is 10.3. The van der Waals surface area contributed by atoms with Gasteiger partial charge in [0.25, 0.3) is 5.91 Å². The fourth-order valence-corrected chi connectivity index (χ4v) is 2.84. The number of H-pyrrole nitrogens is 1. The Hall–Kier alpha value is -2.35. The maximum absolute atomic E-state index is 12.1. The third-order valence-corrected chi connectivity index (χ3v) is 4.17. The van der Waals surface area contributed by atoms with Gasteiger partial charge >= 0.3 is 0 Å². The van der Waals surface area contributed by atoms with Gasteiger partial charge in [-0.1, -0.05) is 11.3 Å². The summed E-state index contributed by atoms with van der Waals surface area (Å²) in [7, 11) is 0. The van der Waals surface area contributed by atoms with Crippen LogP contribution in [-0.2, 0) is 0 Å². The van der Waals surface area contributed by atoms with Crippen molar-refractivity contribution < 1.29 is 4.79 Å². The topological polar surface area (TPSA) is 96.5 Å². The summed E-state index contributed by atoms with van der Waals surface area (Å²) in [5.41, 5.74) is 1.91. The van der Waals surface area contributed by atoms with Gasteiger partial charge in [-0.25, -0.2) is 0 Å². The van der Waals surface area contributed by atoms with Gasteiger partial charge in [0, 0.05) is 11.5 Å². The van der Waals surface area contributed by atoms with E-state index in [1.165, 1.54) is 24.2 Å². The second-order valence-electron chi connectivity index (χ2n) is 4.70. The van der Waals surface area contributed by atoms with Crippen LogP contribution in [0.15, 0.2) is 18.2 Å². The molecule has 100 valence electrons. The molecule has 0 unspecified atom stereocenters. The molecule has 0 bridgehead atoms. The van der Waals surface area contributed by atoms with E-state index < -0.39 is 0 Å². The Morgan fingerprint density at radius 2 is 2.10 bits per heavy atom. The third kappa shape index (κ3) is 2.03. The van der Waals surface area contributed by atoms with Crippen molar-refractivity contribution in [1.29, 1.82) is 0 Å². The number of benzene rings is 1. The average molecular weight is 286 g/mol. The molecule has 20 heavy (non-hydrogen) atoms. The Morgan fingerprint density at radius 1 is 1.25 bits per heavy atom. The molecule has 7 nitrogen and oxygen atoms in total. The van der Waals surface area contributed by atoms with E-state index in [-0.39, 0.29) is 5.91 Å². The van der Waals surface area contributed by atoms with Crippen molar-refractivity contribution in [2.75, 3.05) is 5.32 Å². The minimum absolute atomic E-state index is 0.214. The second kappa shape index (κ2) is 4.34. The van der Waals surface area contributed by atoms with Gasteiger partial charge in [-0.2, -0.15) is 15.4 Å². The first kappa shape index (κ1) is 11.5. The van der Waals surface area contributed by atoms with Gasteiger partial charge in [-0.3, -0.25) is 10.1 Å². The number of hydrogen-bond donors (Lipinski definition) is 2. The van der Waals surface area contributed by atoms with Crippen LogP contribution in [0.3, 0.4) is 0 Å². The molecule has 8 heteroatoms. The molecule has 0 saturated heterocycles. The van der Waals surface area contributed by atoms with E-state index in [2.05, 4.69) is 30.9 Å². The summed E-state index contributed by atoms with van der Waals surface area (Å²) >= 11 is 1.44. The quantitative estimate of drug-likeness (QED) is 0.767. The number of carbonyl (C=O) groups is 1. The van der Waals surface area contributed by atoms with Crippen LogP contribution in [0.4, 0.5) is 5.13 Å². The number of aromatic nitrogens is 5. The Labute approximate surface area is 117 Å². The second-order valence-corrected chi connectivity index (χ2v) is 5.71. The van der Waals surface area contributed by atoms with Crippen LogP contribution < -0.4 is 5.32 Å². The van der Waals surface area contributed by atoms with Crippen molar-refractivity contribution in [2.45, 2.75) is 18.8 Å². The van der Waals surface area contributed by atoms with Gasteiger partial charge in [0.15, 0.2) is 0 Å². The van der Waals surface area contributed by atoms with Crippen LogP contribution >= 0.6 is 11.3 Å². The number of amides is 1. The van der Waals surface area contributed by atoms with Crippen molar-refractivity contribution in [2.24, 2.45) is 0 Å². The maximum atomic E-state index is 12.1. The SMILES string of the molecule is O=C(Nc1nnc(C2CC2)s1)c1ccc2n[nH]nc2c1. The standard InChI is InChI=1S/C12H10N6OS/c19-10(7-3-4-8-9(5-7)15-18-14-8)13-12-17-16-11(20-12)6-1-2-6/h3-6H,1-2H2,(H,13,17,19)(H,14,15,18). The molecule has 3 aromatic rings. The highest BCUT2D eigenvalue weighted by Crippen LogP contribution is 2.42. The molecule has 4 rings (SSSR count). The lowest BCUT2D eigenvalue weighted by molar-refractivity contribution is 0.102. The highest BCUT2D eigenvalue weighted by atomic mass is 32.1. The number of anilines is 1. The fraction of sp³-hybridized carbons (Fsp3) is 0.250. The molecule has 1 aliphatic rings. The molecule has 2 heterocycles. The van der Waals surface area contributed by atoms with Crippen LogP contribution in [-0.4, -0.2) is 31.5 Å². The van der Waals surface area contributed by atoms with Crippen LogP contribution in [0, 0.1) is 0 Å². The molecule has 1 aliphatic carbocycles. The summed E-state index contributed by atoms with van der Waals surface area (Å²) in [4.78, 5) is 12.1. The molecular formula is C12H10N6OS. The first-order valence-corrected chi connectivity index (χ1v) is 7.06. The number of aromatic amines is 1. The van der Waals surface area contributed by atoms with Crippen LogP contribution in [0.5, 0.6) is 0 Å². The molecule has 1 amide bonds. The van der Waals surface area contributed by atoms with Crippen LogP contribution in [0.25, 0.3) is 11.0 Å². The van der Waals surface area contributed by atoms with Gasteiger partial charge < -0.3 is 0 Å². The van der Waals surface area contributed by atoms with Crippen LogP contribution in [0.1, 0.15) is 34.1 Å². The lowest BCUT2D eigenvalue weighted by Crippen LogP contribution is -2.11. The minimum atomic E-state index is -0.214. The average Bonchev–Trinajstić information content (AvgIpc) is 3.02. The highest BCUT2D eigenvalue weighted by Gasteiger charge is 2.27. The van der Waals surface area contributed by atoms with Gasteiger partial charge in [-0.05, 0) is 31.0 Å². The molecule has 1 aromatic carbocycles. The number of rotatable bonds is 3. The zero-order chi connectivity index (χ0) is 13.5. The first-order chi connectivity index (χ1) is 9.79. The predicted molar refractivity (Wildman–Crippen MR) is 73.7 cm³/mol. The van der Waals surface area contributed by atoms with Gasteiger partial charge in [0.1, 0.15) is 16.0 Å². The normalized spacial score (nSPS) is 14.6. The Bertz CT molecular complexity index is 790. The lowest BCUT2D eigenvalue weighted by Gasteiger charge is -2.00. The summed E-state index contributed by atoms with van der Waals surface area (Å²) in [6, 6.07) is 5.16. The van der Waals surface area contributed by atoms with Crippen molar-refractivity contribution >= 4 is 33.4 Å². The fourth-order valence-electron chi connectivity index (χ4n) is 1.93.